The van der Waals surface area contributed by atoms with E-state index in [2.05, 4.69) is 14.8 Å². The maximum atomic E-state index is 12.9. The number of methoxy groups -OCH3 is 1. The van der Waals surface area contributed by atoms with E-state index in [1.807, 2.05) is 5.38 Å². The third kappa shape index (κ3) is 5.51. The van der Waals surface area contributed by atoms with E-state index in [0.717, 1.165) is 11.8 Å². The molecule has 1 N–H and O–H groups in total. The Kier molecular flexibility index (Phi) is 7.18. The lowest BCUT2D eigenvalue weighted by molar-refractivity contribution is 0.0589. The molecule has 0 radical (unpaired) electrons. The fourth-order valence-corrected chi connectivity index (χ4v) is 5.22. The van der Waals surface area contributed by atoms with Gasteiger partial charge < -0.3 is 4.74 Å². The number of sulfonamides is 1. The van der Waals surface area contributed by atoms with Gasteiger partial charge in [0.2, 0.25) is 15.2 Å². The number of benzene rings is 2. The summed E-state index contributed by atoms with van der Waals surface area (Å²) in [5.74, 6) is -0.583. The van der Waals surface area contributed by atoms with Crippen molar-refractivity contribution >= 4 is 56.2 Å². The summed E-state index contributed by atoms with van der Waals surface area (Å²) in [6.07, 6.45) is 1.33. The molecule has 35 heavy (non-hydrogen) atoms. The molecule has 0 saturated heterocycles. The minimum absolute atomic E-state index is 0.217. The Bertz CT molecular complexity index is 1530. The quantitative estimate of drug-likeness (QED) is 0.310. The molecular formula is C23H20Cl2N4O4S2. The Morgan fingerprint density at radius 3 is 2.60 bits per heavy atom. The second-order valence-corrected chi connectivity index (χ2v) is 11.1. The van der Waals surface area contributed by atoms with Gasteiger partial charge in [0.15, 0.2) is 5.69 Å². The molecule has 0 spiro atoms. The third-order valence-electron chi connectivity index (χ3n) is 5.13. The van der Waals surface area contributed by atoms with Crippen molar-refractivity contribution in [3.63, 3.8) is 0 Å². The zero-order valence-electron chi connectivity index (χ0n) is 18.9. The second kappa shape index (κ2) is 9.98. The van der Waals surface area contributed by atoms with Gasteiger partial charge in [-0.1, -0.05) is 47.5 Å². The highest BCUT2D eigenvalue weighted by atomic mass is 35.5. The van der Waals surface area contributed by atoms with Crippen LogP contribution in [-0.4, -0.2) is 42.5 Å². The number of esters is 1. The normalized spacial score (nSPS) is 11.5. The molecule has 12 heteroatoms. The number of thiazole rings is 1. The van der Waals surface area contributed by atoms with Gasteiger partial charge in [-0.15, -0.1) is 11.3 Å². The molecule has 0 fully saturated rings. The number of halogens is 2. The Morgan fingerprint density at radius 1 is 1.17 bits per heavy atom. The van der Waals surface area contributed by atoms with Gasteiger partial charge in [0.1, 0.15) is 0 Å². The van der Waals surface area contributed by atoms with Crippen LogP contribution in [0.4, 0.5) is 5.69 Å². The fourth-order valence-electron chi connectivity index (χ4n) is 3.53. The van der Waals surface area contributed by atoms with Gasteiger partial charge in [-0.2, -0.15) is 9.78 Å². The van der Waals surface area contributed by atoms with Gasteiger partial charge in [0.25, 0.3) is 0 Å². The molecule has 182 valence electrons. The SMILES string of the molecule is COC(=O)c1c(Cc2ccccc2NS(C)(=O)=O)c(C)nn1-c1nc(-c2ccc(Cl)c(Cl)c2)cs1. The average Bonchev–Trinajstić information content (AvgIpc) is 3.41. The van der Waals surface area contributed by atoms with Crippen molar-refractivity contribution in [1.29, 1.82) is 0 Å². The summed E-state index contributed by atoms with van der Waals surface area (Å²) < 4.78 is 32.7. The van der Waals surface area contributed by atoms with Crippen LogP contribution in [0.15, 0.2) is 47.8 Å². The maximum Gasteiger partial charge on any atom is 0.357 e. The Labute approximate surface area is 216 Å². The molecule has 0 saturated carbocycles. The van der Waals surface area contributed by atoms with Crippen LogP contribution < -0.4 is 4.72 Å². The zero-order valence-corrected chi connectivity index (χ0v) is 22.0. The molecule has 0 unspecified atom stereocenters. The lowest BCUT2D eigenvalue weighted by Crippen LogP contribution is -2.14. The summed E-state index contributed by atoms with van der Waals surface area (Å²) in [5.41, 5.74) is 3.93. The first-order chi connectivity index (χ1) is 16.6. The molecule has 2 heterocycles. The molecule has 4 aromatic rings. The minimum Gasteiger partial charge on any atom is -0.464 e. The standard InChI is InChI=1S/C23H20Cl2N4O4S2/c1-13-16(10-14-6-4-5-7-19(14)28-35(3,31)32)21(22(30)33-2)29(27-13)23-26-20(12-34-23)15-8-9-17(24)18(25)11-15/h4-9,11-12,28H,10H2,1-3H3. The smallest absolute Gasteiger partial charge is 0.357 e. The molecule has 0 bridgehead atoms. The van der Waals surface area contributed by atoms with Crippen LogP contribution in [0.1, 0.15) is 27.3 Å². The number of aromatic nitrogens is 3. The molecule has 2 aromatic heterocycles. The lowest BCUT2D eigenvalue weighted by Gasteiger charge is -2.11. The predicted octanol–water partition coefficient (Wildman–Crippen LogP) is 5.36. The number of nitrogens with one attached hydrogen (secondary N) is 1. The molecule has 0 amide bonds. The molecule has 0 aliphatic carbocycles. The third-order valence-corrected chi connectivity index (χ3v) is 7.28. The van der Waals surface area contributed by atoms with E-state index in [1.54, 1.807) is 49.4 Å². The number of carbonyl (C=O) groups is 1. The molecule has 2 aromatic carbocycles. The molecule has 4 rings (SSSR count). The summed E-state index contributed by atoms with van der Waals surface area (Å²) >= 11 is 13.5. The summed E-state index contributed by atoms with van der Waals surface area (Å²) in [7, 11) is -2.20. The van der Waals surface area contributed by atoms with Crippen LogP contribution in [0.2, 0.25) is 10.0 Å². The number of anilines is 1. The topological polar surface area (TPSA) is 103 Å². The molecular weight excluding hydrogens is 531 g/mol. The van der Waals surface area contributed by atoms with Gasteiger partial charge in [0, 0.05) is 22.9 Å². The van der Waals surface area contributed by atoms with Crippen molar-refractivity contribution in [1.82, 2.24) is 14.8 Å². The highest BCUT2D eigenvalue weighted by Crippen LogP contribution is 2.32. The molecule has 0 atom stereocenters. The second-order valence-electron chi connectivity index (χ2n) is 7.67. The van der Waals surface area contributed by atoms with Gasteiger partial charge in [0.05, 0.1) is 40.5 Å². The first-order valence-electron chi connectivity index (χ1n) is 10.2. The Balaban J connectivity index is 1.78. The number of ether oxygens (including phenoxy) is 1. The number of hydrogen-bond acceptors (Lipinski definition) is 7. The van der Waals surface area contributed by atoms with E-state index in [-0.39, 0.29) is 12.1 Å². The summed E-state index contributed by atoms with van der Waals surface area (Å²) in [5, 5.41) is 7.71. The van der Waals surface area contributed by atoms with Crippen LogP contribution in [0, 0.1) is 6.92 Å². The minimum atomic E-state index is -3.49. The van der Waals surface area contributed by atoms with Gasteiger partial charge >= 0.3 is 5.97 Å². The van der Waals surface area contributed by atoms with E-state index in [4.69, 9.17) is 27.9 Å². The van der Waals surface area contributed by atoms with Gasteiger partial charge in [-0.05, 0) is 30.7 Å². The van der Waals surface area contributed by atoms with Crippen LogP contribution in [0.3, 0.4) is 0 Å². The van der Waals surface area contributed by atoms with Gasteiger partial charge in [-0.25, -0.2) is 18.2 Å². The molecule has 0 aliphatic rings. The number of nitrogens with zero attached hydrogens (tertiary/aromatic N) is 3. The van der Waals surface area contributed by atoms with Gasteiger partial charge in [-0.3, -0.25) is 4.72 Å². The number of rotatable bonds is 7. The van der Waals surface area contributed by atoms with Crippen LogP contribution >= 0.6 is 34.5 Å². The zero-order chi connectivity index (χ0) is 25.3. The van der Waals surface area contributed by atoms with Crippen molar-refractivity contribution in [2.75, 3.05) is 18.1 Å². The number of aryl methyl sites for hydroxylation is 1. The predicted molar refractivity (Wildman–Crippen MR) is 138 cm³/mol. The first kappa shape index (κ1) is 25.2. The summed E-state index contributed by atoms with van der Waals surface area (Å²) in [6.45, 7) is 1.78. The van der Waals surface area contributed by atoms with E-state index in [1.165, 1.54) is 23.1 Å². The van der Waals surface area contributed by atoms with Crippen LogP contribution in [0.5, 0.6) is 0 Å². The van der Waals surface area contributed by atoms with E-state index in [9.17, 15) is 13.2 Å². The van der Waals surface area contributed by atoms with Crippen molar-refractivity contribution in [3.05, 3.63) is 80.4 Å². The summed E-state index contributed by atoms with van der Waals surface area (Å²) in [4.78, 5) is 17.5. The lowest BCUT2D eigenvalue weighted by atomic mass is 10.0. The fraction of sp³-hybridized carbons (Fsp3) is 0.174. The average molecular weight is 551 g/mol. The Morgan fingerprint density at radius 2 is 1.91 bits per heavy atom. The molecule has 0 aliphatic heterocycles. The largest absolute Gasteiger partial charge is 0.464 e. The maximum absolute atomic E-state index is 12.9. The number of carbonyl (C=O) groups excluding carboxylic acids is 1. The first-order valence-corrected chi connectivity index (χ1v) is 13.7. The number of hydrogen-bond donors (Lipinski definition) is 1. The highest BCUT2D eigenvalue weighted by Gasteiger charge is 2.26. The number of para-hydroxylation sites is 1. The van der Waals surface area contributed by atoms with Crippen LogP contribution in [0.25, 0.3) is 16.4 Å². The summed E-state index contributed by atoms with van der Waals surface area (Å²) in [6, 6.07) is 12.2. The highest BCUT2D eigenvalue weighted by molar-refractivity contribution is 7.92. The van der Waals surface area contributed by atoms with Crippen molar-refractivity contribution in [3.8, 4) is 16.4 Å². The monoisotopic (exact) mass is 550 g/mol. The van der Waals surface area contributed by atoms with E-state index >= 15 is 0 Å². The van der Waals surface area contributed by atoms with Crippen LogP contribution in [-0.2, 0) is 21.2 Å². The molecule has 8 nitrogen and oxygen atoms in total. The van der Waals surface area contributed by atoms with E-state index < -0.39 is 16.0 Å². The van der Waals surface area contributed by atoms with E-state index in [0.29, 0.717) is 43.4 Å². The Hall–Kier alpha value is -2.92. The van der Waals surface area contributed by atoms with Crippen molar-refractivity contribution < 1.29 is 17.9 Å². The van der Waals surface area contributed by atoms with Crippen molar-refractivity contribution in [2.24, 2.45) is 0 Å². The van der Waals surface area contributed by atoms with Crippen molar-refractivity contribution in [2.45, 2.75) is 13.3 Å².